The molecule has 10 nitrogen and oxygen atoms in total. The zero-order chi connectivity index (χ0) is 22.8. The van der Waals surface area contributed by atoms with Crippen molar-refractivity contribution < 1.29 is 14.3 Å². The molecule has 0 radical (unpaired) electrons. The number of ether oxygens (including phenoxy) is 2. The minimum Gasteiger partial charge on any atom is -0.492 e. The van der Waals surface area contributed by atoms with Gasteiger partial charge in [-0.25, -0.2) is 4.79 Å². The summed E-state index contributed by atoms with van der Waals surface area (Å²) in [5, 5.41) is 2.80. The smallest absolute Gasteiger partial charge is 0.330 e. The molecule has 0 saturated heterocycles. The Balaban J connectivity index is 2.33. The molecule has 0 unspecified atom stereocenters. The maximum atomic E-state index is 12.8. The van der Waals surface area contributed by atoms with Crippen LogP contribution in [0.1, 0.15) is 26.7 Å². The molecule has 1 aromatic carbocycles. The number of carbonyl (C=O) groups is 1. The summed E-state index contributed by atoms with van der Waals surface area (Å²) in [4.78, 5) is 41.4. The highest BCUT2D eigenvalue weighted by molar-refractivity contribution is 5.95. The van der Waals surface area contributed by atoms with E-state index in [1.807, 2.05) is 19.9 Å². The number of hydrogen-bond acceptors (Lipinski definition) is 7. The first-order valence-corrected chi connectivity index (χ1v) is 10.3. The summed E-state index contributed by atoms with van der Waals surface area (Å²) in [5.41, 5.74) is 5.58. The van der Waals surface area contributed by atoms with Gasteiger partial charge >= 0.3 is 5.69 Å². The van der Waals surface area contributed by atoms with E-state index in [1.54, 1.807) is 18.2 Å². The Morgan fingerprint density at radius 1 is 1.26 bits per heavy atom. The molecule has 1 heterocycles. The van der Waals surface area contributed by atoms with Gasteiger partial charge in [0.15, 0.2) is 0 Å². The van der Waals surface area contributed by atoms with Crippen molar-refractivity contribution in [2.24, 2.45) is 0 Å². The minimum atomic E-state index is -0.645. The summed E-state index contributed by atoms with van der Waals surface area (Å²) in [6.45, 7) is 5.00. The Hall–Kier alpha value is -3.27. The summed E-state index contributed by atoms with van der Waals surface area (Å²) in [6.07, 6.45) is 1.58. The highest BCUT2D eigenvalue weighted by Gasteiger charge is 2.21. The van der Waals surface area contributed by atoms with Gasteiger partial charge in [0.25, 0.3) is 5.56 Å². The van der Waals surface area contributed by atoms with Crippen molar-refractivity contribution in [1.29, 1.82) is 0 Å². The van der Waals surface area contributed by atoms with Gasteiger partial charge in [-0.2, -0.15) is 0 Å². The van der Waals surface area contributed by atoms with Crippen LogP contribution in [0.25, 0.3) is 0 Å². The van der Waals surface area contributed by atoms with Gasteiger partial charge in [0, 0.05) is 20.2 Å². The van der Waals surface area contributed by atoms with Gasteiger partial charge in [0.1, 0.15) is 17.3 Å². The molecule has 2 aromatic rings. The second kappa shape index (κ2) is 11.8. The molecular weight excluding hydrogens is 402 g/mol. The number of aromatic nitrogens is 2. The number of aromatic amines is 1. The van der Waals surface area contributed by atoms with Crippen LogP contribution in [0, 0.1) is 0 Å². The maximum Gasteiger partial charge on any atom is 0.330 e. The number of methoxy groups -OCH3 is 1. The Kier molecular flexibility index (Phi) is 9.13. The lowest BCUT2D eigenvalue weighted by Gasteiger charge is -2.25. The van der Waals surface area contributed by atoms with Gasteiger partial charge in [0.2, 0.25) is 5.91 Å². The van der Waals surface area contributed by atoms with Crippen molar-refractivity contribution >= 4 is 23.1 Å². The molecule has 0 fully saturated rings. The molecule has 0 aliphatic heterocycles. The molecule has 10 heteroatoms. The third-order valence-corrected chi connectivity index (χ3v) is 4.63. The fourth-order valence-corrected chi connectivity index (χ4v) is 3.11. The standard InChI is InChI=1S/C21H31N5O5/c1-4-6-11-26-19(22)18(20(28)24-21(26)29)25(12-13-30-3)14-17(27)23-15-9-7-8-10-16(15)31-5-2/h7-10H,4-6,11-14,22H2,1-3H3,(H,23,27)(H,24,28,29). The normalized spacial score (nSPS) is 10.7. The average molecular weight is 434 g/mol. The van der Waals surface area contributed by atoms with Crippen molar-refractivity contribution in [2.45, 2.75) is 33.2 Å². The number of nitrogen functional groups attached to an aromatic ring is 1. The third-order valence-electron chi connectivity index (χ3n) is 4.63. The quantitative estimate of drug-likeness (QED) is 0.461. The number of nitrogens with zero attached hydrogens (tertiary/aromatic N) is 2. The molecular formula is C21H31N5O5. The molecule has 31 heavy (non-hydrogen) atoms. The first-order chi connectivity index (χ1) is 14.9. The Morgan fingerprint density at radius 2 is 2.00 bits per heavy atom. The van der Waals surface area contributed by atoms with Crippen LogP contribution in [-0.4, -0.2) is 48.9 Å². The predicted octanol–water partition coefficient (Wildman–Crippen LogP) is 1.41. The van der Waals surface area contributed by atoms with Gasteiger partial charge in [-0.05, 0) is 25.5 Å². The fraction of sp³-hybridized carbons (Fsp3) is 0.476. The first kappa shape index (κ1) is 24.0. The summed E-state index contributed by atoms with van der Waals surface area (Å²) >= 11 is 0. The van der Waals surface area contributed by atoms with Crippen LogP contribution < -0.4 is 31.9 Å². The van der Waals surface area contributed by atoms with Crippen LogP contribution in [0.2, 0.25) is 0 Å². The average Bonchev–Trinajstić information content (AvgIpc) is 2.73. The van der Waals surface area contributed by atoms with E-state index in [0.29, 0.717) is 24.6 Å². The first-order valence-electron chi connectivity index (χ1n) is 10.3. The molecule has 1 amide bonds. The summed E-state index contributed by atoms with van der Waals surface area (Å²) in [6, 6.07) is 7.08. The number of benzene rings is 1. The predicted molar refractivity (Wildman–Crippen MR) is 121 cm³/mol. The summed E-state index contributed by atoms with van der Waals surface area (Å²) < 4.78 is 12.0. The molecule has 0 atom stereocenters. The topological polar surface area (TPSA) is 132 Å². The molecule has 0 aliphatic rings. The van der Waals surface area contributed by atoms with Crippen LogP contribution in [0.4, 0.5) is 17.2 Å². The van der Waals surface area contributed by atoms with E-state index >= 15 is 0 Å². The molecule has 4 N–H and O–H groups in total. The van der Waals surface area contributed by atoms with E-state index in [1.165, 1.54) is 16.6 Å². The fourth-order valence-electron chi connectivity index (χ4n) is 3.11. The Labute approximate surface area is 181 Å². The largest absolute Gasteiger partial charge is 0.492 e. The molecule has 0 aliphatic carbocycles. The van der Waals surface area contributed by atoms with Crippen LogP contribution in [0.15, 0.2) is 33.9 Å². The van der Waals surface area contributed by atoms with E-state index in [2.05, 4.69) is 10.3 Å². The van der Waals surface area contributed by atoms with Crippen LogP contribution >= 0.6 is 0 Å². The van der Waals surface area contributed by atoms with Gasteiger partial charge < -0.3 is 25.4 Å². The summed E-state index contributed by atoms with van der Waals surface area (Å²) in [5.74, 6) is 0.210. The monoisotopic (exact) mass is 433 g/mol. The molecule has 0 saturated carbocycles. The number of rotatable bonds is 12. The maximum absolute atomic E-state index is 12.8. The second-order valence-corrected chi connectivity index (χ2v) is 6.89. The van der Waals surface area contributed by atoms with E-state index in [-0.39, 0.29) is 37.1 Å². The van der Waals surface area contributed by atoms with Gasteiger partial charge in [-0.1, -0.05) is 25.5 Å². The van der Waals surface area contributed by atoms with Crippen molar-refractivity contribution in [1.82, 2.24) is 9.55 Å². The lowest BCUT2D eigenvalue weighted by molar-refractivity contribution is -0.115. The Bertz CT molecular complexity index is 985. The lowest BCUT2D eigenvalue weighted by Crippen LogP contribution is -2.42. The van der Waals surface area contributed by atoms with E-state index < -0.39 is 11.2 Å². The minimum absolute atomic E-state index is 0.0285. The molecule has 170 valence electrons. The van der Waals surface area contributed by atoms with Crippen molar-refractivity contribution in [2.75, 3.05) is 49.4 Å². The van der Waals surface area contributed by atoms with Gasteiger partial charge in [-0.15, -0.1) is 0 Å². The Morgan fingerprint density at radius 3 is 2.68 bits per heavy atom. The molecule has 2 rings (SSSR count). The van der Waals surface area contributed by atoms with E-state index in [4.69, 9.17) is 15.2 Å². The molecule has 0 bridgehead atoms. The number of unbranched alkanes of at least 4 members (excludes halogenated alkanes) is 1. The van der Waals surface area contributed by atoms with E-state index in [0.717, 1.165) is 12.8 Å². The highest BCUT2D eigenvalue weighted by atomic mass is 16.5. The van der Waals surface area contributed by atoms with Crippen molar-refractivity contribution in [3.63, 3.8) is 0 Å². The molecule has 0 spiro atoms. The number of para-hydroxylation sites is 2. The summed E-state index contributed by atoms with van der Waals surface area (Å²) in [7, 11) is 1.52. The number of carbonyl (C=O) groups excluding carboxylic acids is 1. The zero-order valence-corrected chi connectivity index (χ0v) is 18.3. The molecule has 1 aromatic heterocycles. The van der Waals surface area contributed by atoms with E-state index in [9.17, 15) is 14.4 Å². The highest BCUT2D eigenvalue weighted by Crippen LogP contribution is 2.24. The van der Waals surface area contributed by atoms with Crippen molar-refractivity contribution in [3.8, 4) is 5.75 Å². The van der Waals surface area contributed by atoms with Crippen LogP contribution in [0.3, 0.4) is 0 Å². The second-order valence-electron chi connectivity index (χ2n) is 6.89. The van der Waals surface area contributed by atoms with Crippen LogP contribution in [0.5, 0.6) is 5.75 Å². The number of nitrogens with two attached hydrogens (primary N) is 1. The zero-order valence-electron chi connectivity index (χ0n) is 18.3. The van der Waals surface area contributed by atoms with Gasteiger partial charge in [0.05, 0.1) is 25.4 Å². The van der Waals surface area contributed by atoms with Gasteiger partial charge in [-0.3, -0.25) is 19.1 Å². The number of hydrogen-bond donors (Lipinski definition) is 3. The number of anilines is 3. The SMILES string of the molecule is CCCCn1c(N)c(N(CCOC)CC(=O)Nc2ccccc2OCC)c(=O)[nH]c1=O. The van der Waals surface area contributed by atoms with Crippen LogP contribution in [-0.2, 0) is 16.1 Å². The number of H-pyrrole nitrogens is 1. The number of nitrogens with one attached hydrogen (secondary N) is 2. The lowest BCUT2D eigenvalue weighted by atomic mass is 10.2. The van der Waals surface area contributed by atoms with Crippen molar-refractivity contribution in [3.05, 3.63) is 45.1 Å². The number of amides is 1. The third kappa shape index (κ3) is 6.35.